The van der Waals surface area contributed by atoms with Gasteiger partial charge in [-0.15, -0.1) is 0 Å². The summed E-state index contributed by atoms with van der Waals surface area (Å²) in [5.41, 5.74) is -0.00927. The summed E-state index contributed by atoms with van der Waals surface area (Å²) in [5, 5.41) is 10.8. The minimum Gasteiger partial charge on any atom is -0.493 e. The fourth-order valence-electron chi connectivity index (χ4n) is 3.65. The molecular formula is C22H21F3N4O3S. The number of amides is 2. The number of hydrogen-bond acceptors (Lipinski definition) is 5. The van der Waals surface area contributed by atoms with Crippen molar-refractivity contribution in [2.24, 2.45) is 0 Å². The number of halogens is 3. The van der Waals surface area contributed by atoms with Crippen LogP contribution in [0.15, 0.2) is 47.3 Å². The van der Waals surface area contributed by atoms with Gasteiger partial charge in [0.15, 0.2) is 11.4 Å². The highest BCUT2D eigenvalue weighted by Crippen LogP contribution is 2.31. The van der Waals surface area contributed by atoms with E-state index in [0.29, 0.717) is 31.5 Å². The van der Waals surface area contributed by atoms with E-state index in [1.165, 1.54) is 41.5 Å². The van der Waals surface area contributed by atoms with Gasteiger partial charge < -0.3 is 15.0 Å². The maximum absolute atomic E-state index is 13.1. The van der Waals surface area contributed by atoms with E-state index < -0.39 is 11.7 Å². The molecule has 0 bridgehead atoms. The number of nitrogens with one attached hydrogen (secondary N) is 1. The van der Waals surface area contributed by atoms with Gasteiger partial charge in [-0.05, 0) is 42.5 Å². The van der Waals surface area contributed by atoms with Gasteiger partial charge in [0.2, 0.25) is 0 Å². The minimum atomic E-state index is -4.49. The first-order valence-corrected chi connectivity index (χ1v) is 11.1. The van der Waals surface area contributed by atoms with Crippen LogP contribution in [0.25, 0.3) is 5.69 Å². The minimum absolute atomic E-state index is 0.0238. The molecule has 0 atom stereocenters. The number of ether oxygens (including phenoxy) is 1. The van der Waals surface area contributed by atoms with Gasteiger partial charge in [0, 0.05) is 30.1 Å². The van der Waals surface area contributed by atoms with Crippen LogP contribution < -0.4 is 10.1 Å². The Hall–Kier alpha value is -3.34. The number of aromatic nitrogens is 2. The Morgan fingerprint density at radius 2 is 1.97 bits per heavy atom. The number of carbonyl (C=O) groups excluding carboxylic acids is 2. The second-order valence-electron chi connectivity index (χ2n) is 7.59. The van der Waals surface area contributed by atoms with Crippen molar-refractivity contribution >= 4 is 23.2 Å². The second-order valence-corrected chi connectivity index (χ2v) is 8.37. The lowest BCUT2D eigenvalue weighted by Crippen LogP contribution is -2.46. The molecule has 3 aromatic rings. The predicted molar refractivity (Wildman–Crippen MR) is 116 cm³/mol. The Kier molecular flexibility index (Phi) is 6.41. The topological polar surface area (TPSA) is 76.5 Å². The van der Waals surface area contributed by atoms with Gasteiger partial charge in [-0.1, -0.05) is 6.07 Å². The summed E-state index contributed by atoms with van der Waals surface area (Å²) < 4.78 is 45.6. The molecule has 4 rings (SSSR count). The highest BCUT2D eigenvalue weighted by molar-refractivity contribution is 7.08. The molecule has 1 aromatic carbocycles. The molecule has 0 radical (unpaired) electrons. The third kappa shape index (κ3) is 5.03. The van der Waals surface area contributed by atoms with E-state index in [9.17, 15) is 22.8 Å². The monoisotopic (exact) mass is 478 g/mol. The molecule has 3 heterocycles. The van der Waals surface area contributed by atoms with Crippen molar-refractivity contribution in [2.45, 2.75) is 25.1 Å². The highest BCUT2D eigenvalue weighted by Gasteiger charge is 2.31. The third-order valence-electron chi connectivity index (χ3n) is 5.44. The van der Waals surface area contributed by atoms with Gasteiger partial charge in [-0.3, -0.25) is 9.59 Å². The molecule has 0 spiro atoms. The number of piperidine rings is 1. The quantitative estimate of drug-likeness (QED) is 0.602. The van der Waals surface area contributed by atoms with E-state index in [4.69, 9.17) is 4.74 Å². The molecule has 1 saturated heterocycles. The van der Waals surface area contributed by atoms with Crippen LogP contribution in [0, 0.1) is 0 Å². The van der Waals surface area contributed by atoms with Gasteiger partial charge in [-0.25, -0.2) is 4.68 Å². The Morgan fingerprint density at radius 1 is 1.21 bits per heavy atom. The molecule has 1 N–H and O–H groups in total. The fraction of sp³-hybridized carbons (Fsp3) is 0.318. The van der Waals surface area contributed by atoms with Crippen LogP contribution in [0.3, 0.4) is 0 Å². The molecule has 33 heavy (non-hydrogen) atoms. The van der Waals surface area contributed by atoms with Crippen LogP contribution in [0.2, 0.25) is 0 Å². The van der Waals surface area contributed by atoms with E-state index in [1.807, 2.05) is 5.38 Å². The Balaban J connectivity index is 1.45. The maximum atomic E-state index is 13.1. The van der Waals surface area contributed by atoms with Crippen LogP contribution in [0.1, 0.15) is 39.3 Å². The number of benzene rings is 1. The van der Waals surface area contributed by atoms with Crippen molar-refractivity contribution in [3.05, 3.63) is 64.1 Å². The van der Waals surface area contributed by atoms with Gasteiger partial charge in [0.25, 0.3) is 11.8 Å². The van der Waals surface area contributed by atoms with Gasteiger partial charge in [-0.2, -0.15) is 29.6 Å². The van der Waals surface area contributed by atoms with Crippen molar-refractivity contribution in [2.75, 3.05) is 20.2 Å². The number of methoxy groups -OCH3 is 1. The summed E-state index contributed by atoms with van der Waals surface area (Å²) in [5.74, 6) is -0.340. The van der Waals surface area contributed by atoms with Crippen LogP contribution in [-0.2, 0) is 6.18 Å². The summed E-state index contributed by atoms with van der Waals surface area (Å²) in [4.78, 5) is 26.9. The number of likely N-dealkylation sites (tertiary alicyclic amines) is 1. The summed E-state index contributed by atoms with van der Waals surface area (Å²) in [6, 6.07) is 6.39. The zero-order chi connectivity index (χ0) is 23.6. The fourth-order valence-corrected chi connectivity index (χ4v) is 4.29. The van der Waals surface area contributed by atoms with E-state index in [2.05, 4.69) is 10.4 Å². The lowest BCUT2D eigenvalue weighted by Gasteiger charge is -2.32. The average molecular weight is 478 g/mol. The maximum Gasteiger partial charge on any atom is 0.416 e. The summed E-state index contributed by atoms with van der Waals surface area (Å²) in [6.07, 6.45) is -1.94. The SMILES string of the molecule is COc1cn(-c2cccc(C(F)(F)F)c2)nc1C(=O)N1CCC(NC(=O)c2ccsc2)CC1. The molecule has 2 amide bonds. The molecule has 7 nitrogen and oxygen atoms in total. The van der Waals surface area contributed by atoms with Crippen LogP contribution in [-0.4, -0.2) is 52.7 Å². The number of nitrogens with zero attached hydrogens (tertiary/aromatic N) is 3. The molecule has 1 aliphatic heterocycles. The first-order chi connectivity index (χ1) is 15.8. The Labute approximate surface area is 191 Å². The predicted octanol–water partition coefficient (Wildman–Crippen LogP) is 4.00. The van der Waals surface area contributed by atoms with Crippen molar-refractivity contribution in [1.82, 2.24) is 20.0 Å². The first kappa shape index (κ1) is 22.8. The van der Waals surface area contributed by atoms with E-state index in [0.717, 1.165) is 12.1 Å². The van der Waals surface area contributed by atoms with Crippen LogP contribution >= 0.6 is 11.3 Å². The van der Waals surface area contributed by atoms with Gasteiger partial charge >= 0.3 is 6.18 Å². The average Bonchev–Trinajstić information content (AvgIpc) is 3.49. The van der Waals surface area contributed by atoms with Crippen molar-refractivity contribution in [3.8, 4) is 11.4 Å². The van der Waals surface area contributed by atoms with Crippen molar-refractivity contribution in [3.63, 3.8) is 0 Å². The smallest absolute Gasteiger partial charge is 0.416 e. The summed E-state index contributed by atoms with van der Waals surface area (Å²) in [7, 11) is 1.37. The standard InChI is InChI=1S/C22H21F3N4O3S/c1-32-18-12-29(17-4-2-3-15(11-17)22(23,24)25)27-19(18)21(31)28-8-5-16(6-9-28)26-20(30)14-7-10-33-13-14/h2-4,7,10-13,16H,5-6,8-9H2,1H3,(H,26,30). The zero-order valence-corrected chi connectivity index (χ0v) is 18.4. The van der Waals surface area contributed by atoms with Crippen LogP contribution in [0.4, 0.5) is 13.2 Å². The molecule has 11 heteroatoms. The molecule has 2 aromatic heterocycles. The molecule has 0 saturated carbocycles. The number of hydrogen-bond donors (Lipinski definition) is 1. The molecule has 174 valence electrons. The number of carbonyl (C=O) groups is 2. The zero-order valence-electron chi connectivity index (χ0n) is 17.6. The third-order valence-corrected chi connectivity index (χ3v) is 6.13. The Morgan fingerprint density at radius 3 is 2.61 bits per heavy atom. The van der Waals surface area contributed by atoms with Crippen molar-refractivity contribution < 1.29 is 27.5 Å². The van der Waals surface area contributed by atoms with Gasteiger partial charge in [0.05, 0.1) is 24.6 Å². The second kappa shape index (κ2) is 9.26. The van der Waals surface area contributed by atoms with E-state index in [-0.39, 0.29) is 35.0 Å². The largest absolute Gasteiger partial charge is 0.493 e. The highest BCUT2D eigenvalue weighted by atomic mass is 32.1. The molecule has 0 aliphatic carbocycles. The number of rotatable bonds is 5. The Bertz CT molecular complexity index is 1140. The van der Waals surface area contributed by atoms with E-state index >= 15 is 0 Å². The summed E-state index contributed by atoms with van der Waals surface area (Å²) >= 11 is 1.45. The molecular weight excluding hydrogens is 457 g/mol. The number of alkyl halides is 3. The van der Waals surface area contributed by atoms with E-state index in [1.54, 1.807) is 16.3 Å². The lowest BCUT2D eigenvalue weighted by molar-refractivity contribution is -0.137. The number of thiophene rings is 1. The van der Waals surface area contributed by atoms with Gasteiger partial charge in [0.1, 0.15) is 0 Å². The molecule has 0 unspecified atom stereocenters. The summed E-state index contributed by atoms with van der Waals surface area (Å²) in [6.45, 7) is 0.819. The first-order valence-electron chi connectivity index (χ1n) is 10.2. The van der Waals surface area contributed by atoms with Crippen molar-refractivity contribution in [1.29, 1.82) is 0 Å². The molecule has 1 aliphatic rings. The molecule has 1 fully saturated rings. The lowest BCUT2D eigenvalue weighted by atomic mass is 10.0. The normalized spacial score (nSPS) is 14.8. The van der Waals surface area contributed by atoms with Crippen LogP contribution in [0.5, 0.6) is 5.75 Å².